The number of likely N-dealkylation sites (tertiary alicyclic amines) is 1. The molecule has 0 bridgehead atoms. The van der Waals surface area contributed by atoms with Gasteiger partial charge < -0.3 is 4.90 Å². The molecule has 7 rings (SSSR count). The number of pyridine rings is 1. The number of amides is 1. The lowest BCUT2D eigenvalue weighted by Crippen LogP contribution is -2.34. The van der Waals surface area contributed by atoms with E-state index in [-0.39, 0.29) is 17.1 Å². The Morgan fingerprint density at radius 1 is 1.00 bits per heavy atom. The van der Waals surface area contributed by atoms with E-state index in [0.717, 1.165) is 23.1 Å². The fraction of sp³-hybridized carbons (Fsp3) is 0.194. The van der Waals surface area contributed by atoms with Crippen molar-refractivity contribution in [3.8, 4) is 5.69 Å². The van der Waals surface area contributed by atoms with Crippen LogP contribution in [0, 0.1) is 18.7 Å². The molecular formula is C31H25FN4O. The number of aromatic nitrogens is 3. The largest absolute Gasteiger partial charge is 0.337 e. The summed E-state index contributed by atoms with van der Waals surface area (Å²) in [4.78, 5) is 19.4. The number of hydrogen-bond donors (Lipinski definition) is 0. The van der Waals surface area contributed by atoms with Crippen molar-refractivity contribution in [3.05, 3.63) is 126 Å². The van der Waals surface area contributed by atoms with Gasteiger partial charge in [0.15, 0.2) is 0 Å². The quantitative estimate of drug-likeness (QED) is 0.327. The predicted octanol–water partition coefficient (Wildman–Crippen LogP) is 5.68. The Balaban J connectivity index is 1.31. The Kier molecular flexibility index (Phi) is 4.80. The Morgan fingerprint density at radius 3 is 2.51 bits per heavy atom. The van der Waals surface area contributed by atoms with Gasteiger partial charge in [0.25, 0.3) is 5.91 Å². The van der Waals surface area contributed by atoms with E-state index in [4.69, 9.17) is 0 Å². The number of aryl methyl sites for hydroxylation is 1. The first-order valence-corrected chi connectivity index (χ1v) is 12.6. The number of rotatable bonds is 4. The zero-order valence-electron chi connectivity index (χ0n) is 20.4. The Hall–Kier alpha value is -4.32. The van der Waals surface area contributed by atoms with Crippen LogP contribution in [0.1, 0.15) is 33.0 Å². The molecule has 5 aromatic rings. The van der Waals surface area contributed by atoms with Crippen molar-refractivity contribution in [1.29, 1.82) is 0 Å². The summed E-state index contributed by atoms with van der Waals surface area (Å²) >= 11 is 0. The van der Waals surface area contributed by atoms with Gasteiger partial charge in [0.2, 0.25) is 0 Å². The third-order valence-electron chi connectivity index (χ3n) is 8.24. The minimum absolute atomic E-state index is 0.0589. The molecule has 0 N–H and O–H groups in total. The fourth-order valence-electron chi connectivity index (χ4n) is 6.56. The Labute approximate surface area is 214 Å². The third kappa shape index (κ3) is 3.32. The minimum atomic E-state index is -0.267. The number of benzene rings is 3. The zero-order chi connectivity index (χ0) is 25.1. The second kappa shape index (κ2) is 8.10. The highest BCUT2D eigenvalue weighted by molar-refractivity contribution is 5.95. The SMILES string of the molecule is Cc1cc2c(cnn2-c2ccc(F)cc2)cc1[C@]12CN(C(=O)c3ccncc3)C[C@H]1[C@@H]2c1ccccc1. The molecule has 2 fully saturated rings. The van der Waals surface area contributed by atoms with Crippen LogP contribution in [0.3, 0.4) is 0 Å². The fourth-order valence-corrected chi connectivity index (χ4v) is 6.56. The first-order valence-electron chi connectivity index (χ1n) is 12.6. The van der Waals surface area contributed by atoms with Gasteiger partial charge in [0.05, 0.1) is 17.4 Å². The first kappa shape index (κ1) is 21.9. The van der Waals surface area contributed by atoms with Crippen molar-refractivity contribution >= 4 is 16.8 Å². The molecule has 1 amide bonds. The van der Waals surface area contributed by atoms with E-state index in [2.05, 4.69) is 59.5 Å². The van der Waals surface area contributed by atoms with E-state index in [1.54, 1.807) is 36.7 Å². The van der Waals surface area contributed by atoms with E-state index < -0.39 is 0 Å². The molecule has 0 radical (unpaired) electrons. The van der Waals surface area contributed by atoms with Crippen LogP contribution in [-0.4, -0.2) is 38.7 Å². The van der Waals surface area contributed by atoms with Gasteiger partial charge >= 0.3 is 0 Å². The molecule has 6 heteroatoms. The van der Waals surface area contributed by atoms with Crippen molar-refractivity contribution in [3.63, 3.8) is 0 Å². The maximum atomic E-state index is 13.5. The third-order valence-corrected chi connectivity index (χ3v) is 8.24. The van der Waals surface area contributed by atoms with E-state index >= 15 is 0 Å². The smallest absolute Gasteiger partial charge is 0.254 e. The summed E-state index contributed by atoms with van der Waals surface area (Å²) in [7, 11) is 0. The highest BCUT2D eigenvalue weighted by atomic mass is 19.1. The number of hydrogen-bond acceptors (Lipinski definition) is 3. The van der Waals surface area contributed by atoms with Crippen molar-refractivity contribution in [1.82, 2.24) is 19.7 Å². The Morgan fingerprint density at radius 2 is 1.76 bits per heavy atom. The highest BCUT2D eigenvalue weighted by Gasteiger charge is 2.70. The number of fused-ring (bicyclic) bond motifs is 2. The van der Waals surface area contributed by atoms with Crippen molar-refractivity contribution in [2.24, 2.45) is 5.92 Å². The average molecular weight is 489 g/mol. The Bertz CT molecular complexity index is 1630. The topological polar surface area (TPSA) is 51.0 Å². The molecule has 2 aromatic heterocycles. The second-order valence-corrected chi connectivity index (χ2v) is 10.2. The maximum absolute atomic E-state index is 13.5. The molecule has 1 aliphatic heterocycles. The van der Waals surface area contributed by atoms with E-state index in [1.165, 1.54) is 28.8 Å². The van der Waals surface area contributed by atoms with Crippen LogP contribution in [0.4, 0.5) is 4.39 Å². The molecule has 2 aliphatic rings. The van der Waals surface area contributed by atoms with Gasteiger partial charge in [-0.2, -0.15) is 5.10 Å². The molecule has 3 atom stereocenters. The normalized spacial score (nSPS) is 22.3. The highest BCUT2D eigenvalue weighted by Crippen LogP contribution is 2.69. The average Bonchev–Trinajstić information content (AvgIpc) is 3.19. The number of carbonyl (C=O) groups is 1. The molecule has 3 aromatic carbocycles. The van der Waals surface area contributed by atoms with Crippen LogP contribution in [0.15, 0.2) is 97.5 Å². The van der Waals surface area contributed by atoms with Gasteiger partial charge in [0.1, 0.15) is 5.82 Å². The van der Waals surface area contributed by atoms with Crippen molar-refractivity contribution in [2.75, 3.05) is 13.1 Å². The zero-order valence-corrected chi connectivity index (χ0v) is 20.4. The molecule has 1 aliphatic carbocycles. The molecular weight excluding hydrogens is 463 g/mol. The van der Waals surface area contributed by atoms with E-state index in [0.29, 0.717) is 23.9 Å². The molecule has 0 spiro atoms. The summed E-state index contributed by atoms with van der Waals surface area (Å²) in [5, 5.41) is 5.66. The van der Waals surface area contributed by atoms with Gasteiger partial charge in [0, 0.05) is 47.8 Å². The number of nitrogens with zero attached hydrogens (tertiary/aromatic N) is 4. The summed E-state index contributed by atoms with van der Waals surface area (Å²) < 4.78 is 15.3. The molecule has 1 saturated carbocycles. The lowest BCUT2D eigenvalue weighted by atomic mass is 9.86. The van der Waals surface area contributed by atoms with E-state index in [9.17, 15) is 9.18 Å². The van der Waals surface area contributed by atoms with Crippen LogP contribution in [0.25, 0.3) is 16.6 Å². The summed E-state index contributed by atoms with van der Waals surface area (Å²) in [5.41, 5.74) is 6.13. The second-order valence-electron chi connectivity index (χ2n) is 10.2. The maximum Gasteiger partial charge on any atom is 0.254 e. The minimum Gasteiger partial charge on any atom is -0.337 e. The molecule has 3 heterocycles. The summed E-state index contributed by atoms with van der Waals surface area (Å²) in [6.45, 7) is 3.56. The van der Waals surface area contributed by atoms with Crippen molar-refractivity contribution < 1.29 is 9.18 Å². The number of carbonyl (C=O) groups excluding carboxylic acids is 1. The summed E-state index contributed by atoms with van der Waals surface area (Å²) in [6.07, 6.45) is 5.22. The summed E-state index contributed by atoms with van der Waals surface area (Å²) in [6, 6.07) is 25.1. The van der Waals surface area contributed by atoms with Crippen LogP contribution >= 0.6 is 0 Å². The number of piperidine rings is 1. The van der Waals surface area contributed by atoms with Crippen LogP contribution in [-0.2, 0) is 5.41 Å². The molecule has 182 valence electrons. The van der Waals surface area contributed by atoms with E-state index in [1.807, 2.05) is 15.8 Å². The molecule has 5 nitrogen and oxygen atoms in total. The molecule has 37 heavy (non-hydrogen) atoms. The first-order chi connectivity index (χ1) is 18.1. The van der Waals surface area contributed by atoms with Gasteiger partial charge in [-0.3, -0.25) is 9.78 Å². The van der Waals surface area contributed by atoms with Crippen LogP contribution < -0.4 is 0 Å². The van der Waals surface area contributed by atoms with Gasteiger partial charge in [-0.25, -0.2) is 9.07 Å². The van der Waals surface area contributed by atoms with Crippen LogP contribution in [0.5, 0.6) is 0 Å². The monoisotopic (exact) mass is 488 g/mol. The lowest BCUT2D eigenvalue weighted by molar-refractivity contribution is 0.0769. The number of halogens is 1. The summed E-state index contributed by atoms with van der Waals surface area (Å²) in [5.74, 6) is 0.503. The standard InChI is InChI=1S/C31H25FN4O/c1-20-15-28-23(17-34-36(28)25-9-7-24(32)8-10-25)16-26(20)31-19-35(30(37)22-11-13-33-14-12-22)18-27(31)29(31)21-5-3-2-4-6-21/h2-17,27,29H,18-19H2,1H3/t27-,29-,31+/m0/s1. The van der Waals surface area contributed by atoms with Gasteiger partial charge in [-0.05, 0) is 78.1 Å². The lowest BCUT2D eigenvalue weighted by Gasteiger charge is -2.26. The molecule has 0 unspecified atom stereocenters. The van der Waals surface area contributed by atoms with Crippen molar-refractivity contribution in [2.45, 2.75) is 18.3 Å². The van der Waals surface area contributed by atoms with Gasteiger partial charge in [-0.1, -0.05) is 30.3 Å². The van der Waals surface area contributed by atoms with Gasteiger partial charge in [-0.15, -0.1) is 0 Å². The van der Waals surface area contributed by atoms with Crippen LogP contribution in [0.2, 0.25) is 0 Å². The molecule has 1 saturated heterocycles. The predicted molar refractivity (Wildman–Crippen MR) is 140 cm³/mol.